The molecule has 53 heavy (non-hydrogen) atoms. The van der Waals surface area contributed by atoms with E-state index in [0.717, 1.165) is 82.9 Å². The SMILES string of the molecule is [2H]c1c([2H])c([2H])c(-n2c3ccccc3c3ccc(-c4ccc(-c5ccc(-c6cc(-c7ccccc7)nc(-c7ccccc7)n6)c6ccccc56)cc4)cc32)c([2H])c1[2H]. The van der Waals surface area contributed by atoms with Gasteiger partial charge in [0.1, 0.15) is 0 Å². The van der Waals surface area contributed by atoms with Crippen LogP contribution in [0.5, 0.6) is 0 Å². The Morgan fingerprint density at radius 3 is 1.70 bits per heavy atom. The van der Waals surface area contributed by atoms with Gasteiger partial charge in [-0.05, 0) is 63.3 Å². The minimum Gasteiger partial charge on any atom is -0.309 e. The molecule has 0 amide bonds. The molecule has 0 unspecified atom stereocenters. The topological polar surface area (TPSA) is 30.7 Å². The summed E-state index contributed by atoms with van der Waals surface area (Å²) in [6.45, 7) is 0. The summed E-state index contributed by atoms with van der Waals surface area (Å²) in [5.41, 5.74) is 10.5. The van der Waals surface area contributed by atoms with Crippen molar-refractivity contribution in [2.24, 2.45) is 0 Å². The molecule has 0 spiro atoms. The Hall–Kier alpha value is -7.10. The third-order valence-corrected chi connectivity index (χ3v) is 9.94. The van der Waals surface area contributed by atoms with Crippen molar-refractivity contribution >= 4 is 32.6 Å². The molecule has 0 saturated carbocycles. The number of rotatable bonds is 6. The van der Waals surface area contributed by atoms with Gasteiger partial charge in [-0.2, -0.15) is 0 Å². The van der Waals surface area contributed by atoms with Crippen LogP contribution in [0.4, 0.5) is 0 Å². The second kappa shape index (κ2) is 12.9. The Kier molecular flexibility index (Phi) is 6.28. The van der Waals surface area contributed by atoms with Gasteiger partial charge in [-0.3, -0.25) is 0 Å². The van der Waals surface area contributed by atoms with Crippen molar-refractivity contribution in [2.75, 3.05) is 0 Å². The molecule has 0 fully saturated rings. The minimum atomic E-state index is -0.411. The number of hydrogen-bond acceptors (Lipinski definition) is 2. The largest absolute Gasteiger partial charge is 0.309 e. The second-order valence-electron chi connectivity index (χ2n) is 13.0. The molecule has 0 bridgehead atoms. The Morgan fingerprint density at radius 2 is 0.943 bits per heavy atom. The van der Waals surface area contributed by atoms with Gasteiger partial charge in [-0.25, -0.2) is 9.97 Å². The maximum absolute atomic E-state index is 8.80. The van der Waals surface area contributed by atoms with Crippen LogP contribution < -0.4 is 0 Å². The molecule has 248 valence electrons. The molecule has 0 radical (unpaired) electrons. The van der Waals surface area contributed by atoms with E-state index < -0.39 is 6.04 Å². The molecule has 3 nitrogen and oxygen atoms in total. The molecule has 8 aromatic carbocycles. The summed E-state index contributed by atoms with van der Waals surface area (Å²) in [6.07, 6.45) is 0. The predicted molar refractivity (Wildman–Crippen MR) is 221 cm³/mol. The Morgan fingerprint density at radius 1 is 0.377 bits per heavy atom. The number of benzene rings is 8. The molecule has 0 N–H and O–H groups in total. The summed E-state index contributed by atoms with van der Waals surface area (Å²) in [5.74, 6) is 0.674. The van der Waals surface area contributed by atoms with Crippen molar-refractivity contribution in [3.8, 4) is 61.8 Å². The fraction of sp³-hybridized carbons (Fsp3) is 0. The Balaban J connectivity index is 1.07. The highest BCUT2D eigenvalue weighted by Crippen LogP contribution is 2.39. The van der Waals surface area contributed by atoms with Gasteiger partial charge in [0.2, 0.25) is 0 Å². The van der Waals surface area contributed by atoms with Crippen LogP contribution in [0.1, 0.15) is 6.85 Å². The molecule has 2 heterocycles. The number of nitrogens with zero attached hydrogens (tertiary/aromatic N) is 3. The Bertz CT molecular complexity index is 3130. The number of aromatic nitrogens is 3. The zero-order chi connectivity index (χ0) is 39.5. The van der Waals surface area contributed by atoms with E-state index >= 15 is 0 Å². The van der Waals surface area contributed by atoms with Gasteiger partial charge in [-0.1, -0.05) is 170 Å². The van der Waals surface area contributed by atoms with Crippen LogP contribution in [0.3, 0.4) is 0 Å². The lowest BCUT2D eigenvalue weighted by Gasteiger charge is -2.14. The van der Waals surface area contributed by atoms with Gasteiger partial charge >= 0.3 is 0 Å². The van der Waals surface area contributed by atoms with E-state index in [9.17, 15) is 0 Å². The van der Waals surface area contributed by atoms with Crippen molar-refractivity contribution in [3.05, 3.63) is 200 Å². The molecule has 2 aromatic heterocycles. The van der Waals surface area contributed by atoms with Gasteiger partial charge in [-0.15, -0.1) is 0 Å². The molecular formula is C50H33N3. The lowest BCUT2D eigenvalue weighted by atomic mass is 9.92. The highest BCUT2D eigenvalue weighted by atomic mass is 15.0. The normalized spacial score (nSPS) is 12.7. The molecule has 0 aliphatic carbocycles. The van der Waals surface area contributed by atoms with Crippen LogP contribution >= 0.6 is 0 Å². The summed E-state index contributed by atoms with van der Waals surface area (Å²) in [7, 11) is 0. The van der Waals surface area contributed by atoms with Crippen LogP contribution in [0, 0.1) is 0 Å². The van der Waals surface area contributed by atoms with E-state index in [-0.39, 0.29) is 29.9 Å². The van der Waals surface area contributed by atoms with E-state index in [1.54, 1.807) is 4.57 Å². The first-order chi connectivity index (χ1) is 28.4. The monoisotopic (exact) mass is 680 g/mol. The number of fused-ring (bicyclic) bond motifs is 4. The average molecular weight is 681 g/mol. The number of hydrogen-bond donors (Lipinski definition) is 0. The predicted octanol–water partition coefficient (Wildman–Crippen LogP) is 13.1. The van der Waals surface area contributed by atoms with E-state index in [2.05, 4.69) is 91.0 Å². The smallest absolute Gasteiger partial charge is 0.160 e. The molecular weight excluding hydrogens is 643 g/mol. The highest BCUT2D eigenvalue weighted by Gasteiger charge is 2.16. The maximum atomic E-state index is 8.80. The van der Waals surface area contributed by atoms with Gasteiger partial charge in [0.15, 0.2) is 5.82 Å². The van der Waals surface area contributed by atoms with Gasteiger partial charge in [0.05, 0.1) is 29.3 Å². The van der Waals surface area contributed by atoms with Crippen LogP contribution in [-0.4, -0.2) is 14.5 Å². The van der Waals surface area contributed by atoms with E-state index in [1.807, 2.05) is 78.9 Å². The van der Waals surface area contributed by atoms with Crippen molar-refractivity contribution in [2.45, 2.75) is 0 Å². The summed E-state index contributed by atoms with van der Waals surface area (Å²) >= 11 is 0. The van der Waals surface area contributed by atoms with E-state index in [1.165, 1.54) is 0 Å². The van der Waals surface area contributed by atoms with Crippen molar-refractivity contribution in [1.82, 2.24) is 14.5 Å². The van der Waals surface area contributed by atoms with Gasteiger partial charge in [0, 0.05) is 33.2 Å². The first kappa shape index (κ1) is 25.8. The van der Waals surface area contributed by atoms with Crippen molar-refractivity contribution in [3.63, 3.8) is 0 Å². The lowest BCUT2D eigenvalue weighted by Crippen LogP contribution is -1.96. The quantitative estimate of drug-likeness (QED) is 0.175. The van der Waals surface area contributed by atoms with Crippen LogP contribution in [0.2, 0.25) is 0 Å². The minimum absolute atomic E-state index is 0.134. The zero-order valence-corrected chi connectivity index (χ0v) is 28.5. The first-order valence-electron chi connectivity index (χ1n) is 20.1. The first-order valence-corrected chi connectivity index (χ1v) is 17.6. The molecule has 10 rings (SSSR count). The standard InChI is InChI=1S/C50H33N3/c1-4-14-36(15-5-1)46-33-47(52-50(51-46)37-16-6-2-7-17-37)43-31-30-40(41-20-10-11-21-42(41)43)35-26-24-34(25-27-35)38-28-29-45-44-22-12-13-23-48(44)53(49(45)32-38)39-18-8-3-9-19-39/h1-33H/i3D,8D,9D,18D,19D. The van der Waals surface area contributed by atoms with E-state index in [4.69, 9.17) is 16.8 Å². The van der Waals surface area contributed by atoms with Gasteiger partial charge in [0.25, 0.3) is 0 Å². The maximum Gasteiger partial charge on any atom is 0.160 e. The van der Waals surface area contributed by atoms with Crippen molar-refractivity contribution < 1.29 is 6.85 Å². The summed E-state index contributed by atoms with van der Waals surface area (Å²) < 4.78 is 44.3. The molecule has 0 saturated heterocycles. The molecule has 10 aromatic rings. The summed E-state index contributed by atoms with van der Waals surface area (Å²) in [5, 5.41) is 4.08. The molecule has 0 aliphatic heterocycles. The van der Waals surface area contributed by atoms with Gasteiger partial charge < -0.3 is 4.57 Å². The average Bonchev–Trinajstić information content (AvgIpc) is 3.61. The molecule has 0 atom stereocenters. The lowest BCUT2D eigenvalue weighted by molar-refractivity contribution is 1.18. The highest BCUT2D eigenvalue weighted by molar-refractivity contribution is 6.10. The van der Waals surface area contributed by atoms with Crippen molar-refractivity contribution in [1.29, 1.82) is 0 Å². The fourth-order valence-electron chi connectivity index (χ4n) is 7.42. The van der Waals surface area contributed by atoms with Crippen LogP contribution in [0.25, 0.3) is 94.4 Å². The summed E-state index contributed by atoms with van der Waals surface area (Å²) in [4.78, 5) is 10.1. The third kappa shape index (κ3) is 5.47. The number of para-hydroxylation sites is 2. The summed E-state index contributed by atoms with van der Waals surface area (Å²) in [6, 6.07) is 56.0. The Labute approximate surface area is 315 Å². The van der Waals surface area contributed by atoms with E-state index in [0.29, 0.717) is 5.82 Å². The second-order valence-corrected chi connectivity index (χ2v) is 13.0. The third-order valence-electron chi connectivity index (χ3n) is 9.94. The fourth-order valence-corrected chi connectivity index (χ4v) is 7.42. The molecule has 0 aliphatic rings. The zero-order valence-electron chi connectivity index (χ0n) is 33.5. The molecule has 3 heteroatoms. The van der Waals surface area contributed by atoms with Crippen LogP contribution in [-0.2, 0) is 0 Å². The van der Waals surface area contributed by atoms with Crippen LogP contribution in [0.15, 0.2) is 200 Å².